The van der Waals surface area contributed by atoms with Gasteiger partial charge in [-0.15, -0.1) is 0 Å². The van der Waals surface area contributed by atoms with E-state index in [9.17, 15) is 4.79 Å². The van der Waals surface area contributed by atoms with E-state index in [4.69, 9.17) is 14.2 Å². The van der Waals surface area contributed by atoms with Crippen LogP contribution >= 0.6 is 0 Å². The fourth-order valence-corrected chi connectivity index (χ4v) is 2.53. The number of nitrogens with one attached hydrogen (secondary N) is 1. The molecule has 23 heavy (non-hydrogen) atoms. The van der Waals surface area contributed by atoms with Crippen molar-refractivity contribution < 1.29 is 19.0 Å². The zero-order valence-electron chi connectivity index (χ0n) is 13.1. The molecule has 0 aliphatic carbocycles. The predicted octanol–water partition coefficient (Wildman–Crippen LogP) is 3.60. The second-order valence-corrected chi connectivity index (χ2v) is 5.46. The van der Waals surface area contributed by atoms with Crippen LogP contribution in [0.1, 0.15) is 13.3 Å². The molecule has 0 radical (unpaired) electrons. The molecule has 2 aromatic carbocycles. The fraction of sp³-hybridized carbons (Fsp3) is 0.278. The Balaban J connectivity index is 1.66. The van der Waals surface area contributed by atoms with Gasteiger partial charge in [0.25, 0.3) is 0 Å². The van der Waals surface area contributed by atoms with Crippen LogP contribution in [0.4, 0.5) is 5.69 Å². The molecule has 0 unspecified atom stereocenters. The van der Waals surface area contributed by atoms with Crippen LogP contribution < -0.4 is 14.8 Å². The van der Waals surface area contributed by atoms with Crippen molar-refractivity contribution >= 4 is 11.7 Å². The maximum Gasteiger partial charge on any atom is 0.328 e. The van der Waals surface area contributed by atoms with E-state index in [2.05, 4.69) is 5.32 Å². The minimum Gasteiger partial charge on any atom is -0.493 e. The van der Waals surface area contributed by atoms with Crippen molar-refractivity contribution in [1.82, 2.24) is 0 Å². The monoisotopic (exact) mass is 313 g/mol. The summed E-state index contributed by atoms with van der Waals surface area (Å²) in [6, 6.07) is 14.6. The molecule has 5 heteroatoms. The number of carbonyl (C=O) groups is 1. The highest BCUT2D eigenvalue weighted by Gasteiger charge is 2.31. The van der Waals surface area contributed by atoms with Crippen LogP contribution in [-0.4, -0.2) is 25.2 Å². The molecule has 5 nitrogen and oxygen atoms in total. The molecule has 2 aromatic rings. The van der Waals surface area contributed by atoms with Gasteiger partial charge in [0.1, 0.15) is 17.9 Å². The van der Waals surface area contributed by atoms with Gasteiger partial charge < -0.3 is 19.5 Å². The lowest BCUT2D eigenvalue weighted by Gasteiger charge is -2.12. The van der Waals surface area contributed by atoms with Gasteiger partial charge in [-0.1, -0.05) is 12.1 Å². The number of esters is 1. The minimum atomic E-state index is -0.286. The first-order valence-corrected chi connectivity index (χ1v) is 7.53. The third-order valence-electron chi connectivity index (χ3n) is 3.66. The maximum absolute atomic E-state index is 11.6. The van der Waals surface area contributed by atoms with Gasteiger partial charge >= 0.3 is 5.97 Å². The molecule has 1 N–H and O–H groups in total. The second kappa shape index (κ2) is 6.60. The molecule has 2 atom stereocenters. The molecule has 1 fully saturated rings. The van der Waals surface area contributed by atoms with Crippen LogP contribution in [0.3, 0.4) is 0 Å². The molecule has 0 saturated carbocycles. The maximum atomic E-state index is 11.6. The second-order valence-electron chi connectivity index (χ2n) is 5.46. The zero-order valence-corrected chi connectivity index (χ0v) is 13.1. The molecule has 3 rings (SSSR count). The van der Waals surface area contributed by atoms with Gasteiger partial charge in [0, 0.05) is 12.1 Å². The molecule has 0 bridgehead atoms. The summed E-state index contributed by atoms with van der Waals surface area (Å²) in [6.07, 6.45) is 0.645. The summed E-state index contributed by atoms with van der Waals surface area (Å²) in [5.41, 5.74) is 0.855. The third kappa shape index (κ3) is 3.56. The standard InChI is InChI=1S/C18H19NO4/c1-12-11-15(18(20)22-12)19-13-7-9-14(10-8-13)23-17-6-4-3-5-16(17)21-2/h3-10,12,15,19H,11H2,1-2H3/t12-,15-/m1/s1. The summed E-state index contributed by atoms with van der Waals surface area (Å²) in [6.45, 7) is 1.89. The number of carbonyl (C=O) groups excluding carboxylic acids is 1. The Morgan fingerprint density at radius 1 is 1.09 bits per heavy atom. The minimum absolute atomic E-state index is 0.0341. The van der Waals surface area contributed by atoms with E-state index in [-0.39, 0.29) is 18.1 Å². The first-order valence-electron chi connectivity index (χ1n) is 7.53. The van der Waals surface area contributed by atoms with Gasteiger partial charge in [0.2, 0.25) is 0 Å². The predicted molar refractivity (Wildman–Crippen MR) is 87.1 cm³/mol. The van der Waals surface area contributed by atoms with Crippen LogP contribution in [0.15, 0.2) is 48.5 Å². The number of cyclic esters (lactones) is 1. The molecule has 0 amide bonds. The van der Waals surface area contributed by atoms with Crippen molar-refractivity contribution in [2.24, 2.45) is 0 Å². The summed E-state index contributed by atoms with van der Waals surface area (Å²) >= 11 is 0. The Morgan fingerprint density at radius 3 is 2.39 bits per heavy atom. The van der Waals surface area contributed by atoms with Crippen LogP contribution in [-0.2, 0) is 9.53 Å². The molecular weight excluding hydrogens is 294 g/mol. The van der Waals surface area contributed by atoms with Crippen molar-refractivity contribution in [3.8, 4) is 17.2 Å². The number of hydrogen-bond acceptors (Lipinski definition) is 5. The van der Waals surface area contributed by atoms with Crippen molar-refractivity contribution in [2.45, 2.75) is 25.5 Å². The van der Waals surface area contributed by atoms with E-state index in [0.29, 0.717) is 23.7 Å². The molecule has 1 aliphatic rings. The fourth-order valence-electron chi connectivity index (χ4n) is 2.53. The smallest absolute Gasteiger partial charge is 0.328 e. The highest BCUT2D eigenvalue weighted by molar-refractivity contribution is 5.81. The number of rotatable bonds is 5. The van der Waals surface area contributed by atoms with Gasteiger partial charge in [0.05, 0.1) is 7.11 Å². The zero-order chi connectivity index (χ0) is 16.2. The van der Waals surface area contributed by atoms with Crippen LogP contribution in [0.5, 0.6) is 17.2 Å². The molecule has 0 aromatic heterocycles. The highest BCUT2D eigenvalue weighted by atomic mass is 16.6. The van der Waals surface area contributed by atoms with Crippen LogP contribution in [0, 0.1) is 0 Å². The molecule has 0 spiro atoms. The van der Waals surface area contributed by atoms with E-state index < -0.39 is 0 Å². The molecule has 1 heterocycles. The Kier molecular flexibility index (Phi) is 4.37. The number of ether oxygens (including phenoxy) is 3. The average Bonchev–Trinajstić information content (AvgIpc) is 2.87. The van der Waals surface area contributed by atoms with Crippen molar-refractivity contribution in [2.75, 3.05) is 12.4 Å². The van der Waals surface area contributed by atoms with Gasteiger partial charge in [-0.3, -0.25) is 0 Å². The average molecular weight is 313 g/mol. The van der Waals surface area contributed by atoms with E-state index in [1.165, 1.54) is 0 Å². The van der Waals surface area contributed by atoms with Crippen molar-refractivity contribution in [3.05, 3.63) is 48.5 Å². The number of anilines is 1. The SMILES string of the molecule is COc1ccccc1Oc1ccc(N[C@@H]2C[C@@H](C)OC2=O)cc1. The lowest BCUT2D eigenvalue weighted by molar-refractivity contribution is -0.141. The number of para-hydroxylation sites is 2. The van der Waals surface area contributed by atoms with E-state index in [1.807, 2.05) is 55.5 Å². The normalized spacial score (nSPS) is 20.0. The summed E-state index contributed by atoms with van der Waals surface area (Å²) < 4.78 is 16.2. The quantitative estimate of drug-likeness (QED) is 0.855. The van der Waals surface area contributed by atoms with Crippen molar-refractivity contribution in [3.63, 3.8) is 0 Å². The van der Waals surface area contributed by atoms with Crippen LogP contribution in [0.2, 0.25) is 0 Å². The Labute approximate surface area is 135 Å². The summed E-state index contributed by atoms with van der Waals surface area (Å²) in [5, 5.41) is 3.18. The van der Waals surface area contributed by atoms with E-state index in [1.54, 1.807) is 7.11 Å². The first-order chi connectivity index (χ1) is 11.2. The number of methoxy groups -OCH3 is 1. The Hall–Kier alpha value is -2.69. The van der Waals surface area contributed by atoms with Gasteiger partial charge in [-0.05, 0) is 43.3 Å². The Bertz CT molecular complexity index is 684. The molecule has 1 saturated heterocycles. The highest BCUT2D eigenvalue weighted by Crippen LogP contribution is 2.31. The summed E-state index contributed by atoms with van der Waals surface area (Å²) in [5.74, 6) is 1.83. The summed E-state index contributed by atoms with van der Waals surface area (Å²) in [7, 11) is 1.61. The molecule has 120 valence electrons. The van der Waals surface area contributed by atoms with Gasteiger partial charge in [-0.2, -0.15) is 0 Å². The lowest BCUT2D eigenvalue weighted by Crippen LogP contribution is -2.24. The third-order valence-corrected chi connectivity index (χ3v) is 3.66. The van der Waals surface area contributed by atoms with Gasteiger partial charge in [0.15, 0.2) is 11.5 Å². The molecule has 1 aliphatic heterocycles. The largest absolute Gasteiger partial charge is 0.493 e. The Morgan fingerprint density at radius 2 is 1.78 bits per heavy atom. The molecular formula is C18H19NO4. The van der Waals surface area contributed by atoms with Crippen LogP contribution in [0.25, 0.3) is 0 Å². The number of benzene rings is 2. The topological polar surface area (TPSA) is 56.8 Å². The lowest BCUT2D eigenvalue weighted by atomic mass is 10.2. The van der Waals surface area contributed by atoms with Gasteiger partial charge in [-0.25, -0.2) is 4.79 Å². The van der Waals surface area contributed by atoms with E-state index in [0.717, 1.165) is 5.69 Å². The number of hydrogen-bond donors (Lipinski definition) is 1. The van der Waals surface area contributed by atoms with E-state index >= 15 is 0 Å². The van der Waals surface area contributed by atoms with Crippen molar-refractivity contribution in [1.29, 1.82) is 0 Å². The first kappa shape index (κ1) is 15.2. The summed E-state index contributed by atoms with van der Waals surface area (Å²) in [4.78, 5) is 11.6.